The van der Waals surface area contributed by atoms with E-state index in [9.17, 15) is 19.7 Å². The van der Waals surface area contributed by atoms with E-state index in [0.29, 0.717) is 22.7 Å². The van der Waals surface area contributed by atoms with Crippen molar-refractivity contribution in [1.29, 1.82) is 0 Å². The molecule has 1 atom stereocenters. The number of hydrogen-bond donors (Lipinski definition) is 1. The molecule has 2 aromatic rings. The lowest BCUT2D eigenvalue weighted by Gasteiger charge is -2.17. The molecule has 0 aromatic heterocycles. The Morgan fingerprint density at radius 3 is 2.78 bits per heavy atom. The van der Waals surface area contributed by atoms with Gasteiger partial charge in [0.15, 0.2) is 0 Å². The highest BCUT2D eigenvalue weighted by Crippen LogP contribution is 2.29. The summed E-state index contributed by atoms with van der Waals surface area (Å²) < 4.78 is 5.17. The summed E-state index contributed by atoms with van der Waals surface area (Å²) >= 11 is 0. The van der Waals surface area contributed by atoms with E-state index in [4.69, 9.17) is 4.74 Å². The van der Waals surface area contributed by atoms with Crippen molar-refractivity contribution in [3.05, 3.63) is 58.1 Å². The van der Waals surface area contributed by atoms with E-state index in [1.165, 1.54) is 6.07 Å². The van der Waals surface area contributed by atoms with Crippen LogP contribution < -0.4 is 15.0 Å². The number of benzene rings is 2. The molecule has 1 saturated heterocycles. The highest BCUT2D eigenvalue weighted by Gasteiger charge is 2.35. The number of carbonyl (C=O) groups excluding carboxylic acids is 2. The Labute approximate surface area is 155 Å². The predicted molar refractivity (Wildman–Crippen MR) is 99.9 cm³/mol. The van der Waals surface area contributed by atoms with Crippen molar-refractivity contribution < 1.29 is 19.2 Å². The fourth-order valence-electron chi connectivity index (χ4n) is 3.04. The SMILES string of the molecule is COc1cccc(N2CC(C(=O)Nc3ccc(C)c([N+](=O)[O-])c3)CC2=O)c1. The normalized spacial score (nSPS) is 16.3. The highest BCUT2D eigenvalue weighted by molar-refractivity contribution is 6.03. The first-order valence-corrected chi connectivity index (χ1v) is 8.39. The van der Waals surface area contributed by atoms with Gasteiger partial charge in [-0.3, -0.25) is 19.7 Å². The van der Waals surface area contributed by atoms with Crippen molar-refractivity contribution >= 4 is 28.9 Å². The molecule has 8 heteroatoms. The maximum Gasteiger partial charge on any atom is 0.274 e. The van der Waals surface area contributed by atoms with Gasteiger partial charge >= 0.3 is 0 Å². The van der Waals surface area contributed by atoms with Crippen LogP contribution in [0.5, 0.6) is 5.75 Å². The summed E-state index contributed by atoms with van der Waals surface area (Å²) in [5, 5.41) is 13.7. The number of amides is 2. The zero-order valence-corrected chi connectivity index (χ0v) is 15.0. The Balaban J connectivity index is 1.72. The molecule has 1 aliphatic heterocycles. The molecule has 140 valence electrons. The lowest BCUT2D eigenvalue weighted by atomic mass is 10.1. The van der Waals surface area contributed by atoms with Gasteiger partial charge in [-0.15, -0.1) is 0 Å². The molecule has 2 amide bonds. The number of hydrogen-bond acceptors (Lipinski definition) is 5. The van der Waals surface area contributed by atoms with E-state index < -0.39 is 10.8 Å². The molecule has 3 rings (SSSR count). The van der Waals surface area contributed by atoms with Gasteiger partial charge in [-0.1, -0.05) is 12.1 Å². The molecular formula is C19H19N3O5. The second-order valence-electron chi connectivity index (χ2n) is 6.35. The third-order valence-electron chi connectivity index (χ3n) is 4.53. The fraction of sp³-hybridized carbons (Fsp3) is 0.263. The molecule has 1 aliphatic rings. The first-order valence-electron chi connectivity index (χ1n) is 8.39. The Morgan fingerprint density at radius 2 is 2.07 bits per heavy atom. The molecule has 2 aromatic carbocycles. The van der Waals surface area contributed by atoms with Gasteiger partial charge in [-0.25, -0.2) is 0 Å². The van der Waals surface area contributed by atoms with Crippen LogP contribution in [-0.2, 0) is 9.59 Å². The number of carbonyl (C=O) groups is 2. The Morgan fingerprint density at radius 1 is 1.30 bits per heavy atom. The van der Waals surface area contributed by atoms with Crippen LogP contribution in [-0.4, -0.2) is 30.4 Å². The predicted octanol–water partition coefficient (Wildman–Crippen LogP) is 2.90. The van der Waals surface area contributed by atoms with Crippen LogP contribution in [0.2, 0.25) is 0 Å². The van der Waals surface area contributed by atoms with Gasteiger partial charge < -0.3 is 15.0 Å². The molecule has 1 fully saturated rings. The number of methoxy groups -OCH3 is 1. The lowest BCUT2D eigenvalue weighted by molar-refractivity contribution is -0.385. The lowest BCUT2D eigenvalue weighted by Crippen LogP contribution is -2.28. The number of nitrogens with one attached hydrogen (secondary N) is 1. The Bertz CT molecular complexity index is 912. The molecule has 8 nitrogen and oxygen atoms in total. The van der Waals surface area contributed by atoms with Crippen LogP contribution in [0.4, 0.5) is 17.1 Å². The first kappa shape index (κ1) is 18.4. The van der Waals surface area contributed by atoms with E-state index in [2.05, 4.69) is 5.32 Å². The van der Waals surface area contributed by atoms with Crippen LogP contribution in [0, 0.1) is 23.0 Å². The van der Waals surface area contributed by atoms with Crippen molar-refractivity contribution in [1.82, 2.24) is 0 Å². The molecule has 0 aliphatic carbocycles. The minimum Gasteiger partial charge on any atom is -0.497 e. The van der Waals surface area contributed by atoms with Crippen molar-refractivity contribution in [2.75, 3.05) is 23.9 Å². The van der Waals surface area contributed by atoms with Gasteiger partial charge in [0, 0.05) is 42.0 Å². The quantitative estimate of drug-likeness (QED) is 0.645. The van der Waals surface area contributed by atoms with Gasteiger partial charge in [0.25, 0.3) is 5.69 Å². The van der Waals surface area contributed by atoms with E-state index in [1.54, 1.807) is 55.3 Å². The molecule has 0 bridgehead atoms. The van der Waals surface area contributed by atoms with Gasteiger partial charge in [-0.2, -0.15) is 0 Å². The van der Waals surface area contributed by atoms with E-state index in [1.807, 2.05) is 0 Å². The number of nitro groups is 1. The van der Waals surface area contributed by atoms with Crippen molar-refractivity contribution in [2.24, 2.45) is 5.92 Å². The third-order valence-corrected chi connectivity index (χ3v) is 4.53. The molecule has 27 heavy (non-hydrogen) atoms. The molecule has 1 N–H and O–H groups in total. The number of ether oxygens (including phenoxy) is 1. The van der Waals surface area contributed by atoms with Crippen LogP contribution in [0.15, 0.2) is 42.5 Å². The molecule has 0 spiro atoms. The number of aryl methyl sites for hydroxylation is 1. The van der Waals surface area contributed by atoms with E-state index >= 15 is 0 Å². The fourth-order valence-corrected chi connectivity index (χ4v) is 3.04. The summed E-state index contributed by atoms with van der Waals surface area (Å²) in [7, 11) is 1.54. The van der Waals surface area contributed by atoms with Gasteiger partial charge in [0.1, 0.15) is 5.75 Å². The van der Waals surface area contributed by atoms with Crippen LogP contribution in [0.3, 0.4) is 0 Å². The summed E-state index contributed by atoms with van der Waals surface area (Å²) in [6.07, 6.45) is 0.0804. The maximum atomic E-state index is 12.5. The van der Waals surface area contributed by atoms with Gasteiger partial charge in [-0.05, 0) is 25.1 Å². The topological polar surface area (TPSA) is 102 Å². The first-order chi connectivity index (χ1) is 12.9. The molecular weight excluding hydrogens is 350 g/mol. The Kier molecular flexibility index (Phi) is 5.07. The molecule has 0 radical (unpaired) electrons. The maximum absolute atomic E-state index is 12.5. The van der Waals surface area contributed by atoms with E-state index in [0.717, 1.165) is 0 Å². The van der Waals surface area contributed by atoms with Crippen molar-refractivity contribution in [3.63, 3.8) is 0 Å². The van der Waals surface area contributed by atoms with Crippen molar-refractivity contribution in [3.8, 4) is 5.75 Å². The average molecular weight is 369 g/mol. The van der Waals surface area contributed by atoms with Crippen molar-refractivity contribution in [2.45, 2.75) is 13.3 Å². The molecule has 0 saturated carbocycles. The average Bonchev–Trinajstić information content (AvgIpc) is 3.05. The summed E-state index contributed by atoms with van der Waals surface area (Å²) in [6, 6.07) is 11.6. The standard InChI is InChI=1S/C19H19N3O5/c1-12-6-7-14(9-17(12)22(25)26)20-19(24)13-8-18(23)21(11-13)15-4-3-5-16(10-15)27-2/h3-7,9-10,13H,8,11H2,1-2H3,(H,20,24). The zero-order chi connectivity index (χ0) is 19.6. The van der Waals surface area contributed by atoms with Gasteiger partial charge in [0.05, 0.1) is 18.0 Å². The van der Waals surface area contributed by atoms with Crippen LogP contribution in [0.25, 0.3) is 0 Å². The van der Waals surface area contributed by atoms with Crippen LogP contribution in [0.1, 0.15) is 12.0 Å². The smallest absolute Gasteiger partial charge is 0.274 e. The number of nitrogens with zero attached hydrogens (tertiary/aromatic N) is 2. The monoisotopic (exact) mass is 369 g/mol. The third kappa shape index (κ3) is 3.89. The number of anilines is 2. The zero-order valence-electron chi connectivity index (χ0n) is 15.0. The van der Waals surface area contributed by atoms with E-state index in [-0.39, 0.29) is 30.5 Å². The van der Waals surface area contributed by atoms with Crippen LogP contribution >= 0.6 is 0 Å². The number of nitro benzene ring substituents is 1. The largest absolute Gasteiger partial charge is 0.497 e. The summed E-state index contributed by atoms with van der Waals surface area (Å²) in [4.78, 5) is 37.0. The second kappa shape index (κ2) is 7.45. The molecule has 1 unspecified atom stereocenters. The molecule has 1 heterocycles. The highest BCUT2D eigenvalue weighted by atomic mass is 16.6. The summed E-state index contributed by atoms with van der Waals surface area (Å²) in [5.74, 6) is -0.408. The Hall–Kier alpha value is -3.42. The minimum atomic E-state index is -0.538. The summed E-state index contributed by atoms with van der Waals surface area (Å²) in [6.45, 7) is 1.87. The minimum absolute atomic E-state index is 0.0618. The number of rotatable bonds is 5. The second-order valence-corrected chi connectivity index (χ2v) is 6.35. The summed E-state index contributed by atoms with van der Waals surface area (Å²) in [5.41, 5.74) is 1.46. The van der Waals surface area contributed by atoms with Gasteiger partial charge in [0.2, 0.25) is 11.8 Å².